The molecule has 0 amide bonds. The van der Waals surface area contributed by atoms with Crippen LogP contribution in [0.1, 0.15) is 11.3 Å². The van der Waals surface area contributed by atoms with Crippen LogP contribution in [-0.2, 0) is 23.1 Å². The van der Waals surface area contributed by atoms with Gasteiger partial charge in [-0.25, -0.2) is 8.42 Å². The number of hydrogen-bond acceptors (Lipinski definition) is 5. The van der Waals surface area contributed by atoms with Crippen molar-refractivity contribution in [1.82, 2.24) is 19.0 Å². The molecular weight excluding hydrogens is 340 g/mol. The van der Waals surface area contributed by atoms with Crippen LogP contribution in [0, 0.1) is 6.92 Å². The molecule has 0 saturated carbocycles. The van der Waals surface area contributed by atoms with Crippen molar-refractivity contribution in [3.05, 3.63) is 47.8 Å². The van der Waals surface area contributed by atoms with Crippen LogP contribution in [0.5, 0.6) is 0 Å². The smallest absolute Gasteiger partial charge is 0.243 e. The summed E-state index contributed by atoms with van der Waals surface area (Å²) in [6.45, 7) is 5.62. The highest BCUT2D eigenvalue weighted by Crippen LogP contribution is 2.18. The number of nitrogens with zero attached hydrogens (tertiary/aromatic N) is 4. The molecule has 1 saturated heterocycles. The van der Waals surface area contributed by atoms with Gasteiger partial charge < -0.3 is 5.11 Å². The zero-order valence-corrected chi connectivity index (χ0v) is 15.2. The van der Waals surface area contributed by atoms with Crippen LogP contribution in [0.2, 0.25) is 0 Å². The van der Waals surface area contributed by atoms with Crippen molar-refractivity contribution in [3.63, 3.8) is 0 Å². The Morgan fingerprint density at radius 2 is 1.80 bits per heavy atom. The van der Waals surface area contributed by atoms with Gasteiger partial charge in [0.1, 0.15) is 0 Å². The predicted molar refractivity (Wildman–Crippen MR) is 94.5 cm³/mol. The Kier molecular flexibility index (Phi) is 5.53. The molecule has 0 bridgehead atoms. The zero-order valence-electron chi connectivity index (χ0n) is 14.4. The third-order valence-electron chi connectivity index (χ3n) is 4.48. The first-order valence-electron chi connectivity index (χ1n) is 8.42. The Balaban J connectivity index is 1.61. The monoisotopic (exact) mass is 364 g/mol. The molecule has 2 heterocycles. The summed E-state index contributed by atoms with van der Waals surface area (Å²) in [6, 6.07) is 8.59. The van der Waals surface area contributed by atoms with E-state index in [-0.39, 0.29) is 6.61 Å². The minimum atomic E-state index is -3.41. The minimum Gasteiger partial charge on any atom is -0.394 e. The number of aliphatic hydroxyl groups excluding tert-OH is 1. The third-order valence-corrected chi connectivity index (χ3v) is 6.40. The maximum atomic E-state index is 12.7. The van der Waals surface area contributed by atoms with E-state index < -0.39 is 10.0 Å². The van der Waals surface area contributed by atoms with Crippen molar-refractivity contribution in [2.45, 2.75) is 24.9 Å². The van der Waals surface area contributed by atoms with Crippen molar-refractivity contribution in [2.75, 3.05) is 32.8 Å². The summed E-state index contributed by atoms with van der Waals surface area (Å²) < 4.78 is 28.6. The van der Waals surface area contributed by atoms with Crippen molar-refractivity contribution in [2.24, 2.45) is 0 Å². The van der Waals surface area contributed by atoms with Crippen LogP contribution in [0.15, 0.2) is 41.4 Å². The zero-order chi connectivity index (χ0) is 17.9. The molecule has 7 nitrogen and oxygen atoms in total. The van der Waals surface area contributed by atoms with Crippen molar-refractivity contribution in [3.8, 4) is 0 Å². The summed E-state index contributed by atoms with van der Waals surface area (Å²) >= 11 is 0. The summed E-state index contributed by atoms with van der Waals surface area (Å²) in [5.74, 6) is 0. The highest BCUT2D eigenvalue weighted by molar-refractivity contribution is 7.89. The fourth-order valence-electron chi connectivity index (χ4n) is 3.04. The molecule has 2 aromatic rings. The Hall–Kier alpha value is -1.74. The van der Waals surface area contributed by atoms with E-state index in [4.69, 9.17) is 5.11 Å². The van der Waals surface area contributed by atoms with Gasteiger partial charge in [0.15, 0.2) is 0 Å². The van der Waals surface area contributed by atoms with Gasteiger partial charge in [-0.3, -0.25) is 9.58 Å². The van der Waals surface area contributed by atoms with Crippen LogP contribution < -0.4 is 0 Å². The third kappa shape index (κ3) is 4.09. The van der Waals surface area contributed by atoms with Crippen LogP contribution in [-0.4, -0.2) is 65.3 Å². The summed E-state index contributed by atoms with van der Waals surface area (Å²) in [5, 5.41) is 13.4. The molecule has 1 N–H and O–H groups in total. The number of piperazine rings is 1. The first-order chi connectivity index (χ1) is 12.0. The van der Waals surface area contributed by atoms with Crippen LogP contribution >= 0.6 is 0 Å². The summed E-state index contributed by atoms with van der Waals surface area (Å²) in [5.41, 5.74) is 2.07. The number of hydrogen-bond donors (Lipinski definition) is 1. The van der Waals surface area contributed by atoms with E-state index in [0.717, 1.165) is 17.8 Å². The lowest BCUT2D eigenvalue weighted by atomic mass is 10.2. The molecule has 1 aliphatic heterocycles. The van der Waals surface area contributed by atoms with E-state index in [1.807, 2.05) is 19.2 Å². The van der Waals surface area contributed by atoms with Gasteiger partial charge in [-0.2, -0.15) is 9.40 Å². The maximum Gasteiger partial charge on any atom is 0.243 e. The first kappa shape index (κ1) is 18.1. The molecule has 1 fully saturated rings. The molecule has 136 valence electrons. The lowest BCUT2D eigenvalue weighted by Crippen LogP contribution is -2.48. The SMILES string of the molecule is Cc1nn(CCO)cc1CN1CCN(S(=O)(=O)c2ccccc2)CC1. The van der Waals surface area contributed by atoms with Gasteiger partial charge in [0.2, 0.25) is 10.0 Å². The normalized spacial score (nSPS) is 17.0. The Bertz CT molecular complexity index is 797. The molecule has 1 aromatic heterocycles. The van der Waals surface area contributed by atoms with Gasteiger partial charge in [0.25, 0.3) is 0 Å². The van der Waals surface area contributed by atoms with Gasteiger partial charge in [-0.1, -0.05) is 18.2 Å². The summed E-state index contributed by atoms with van der Waals surface area (Å²) in [6.07, 6.45) is 1.96. The molecule has 8 heteroatoms. The largest absolute Gasteiger partial charge is 0.394 e. The van der Waals surface area contributed by atoms with E-state index in [9.17, 15) is 8.42 Å². The standard InChI is InChI=1S/C17H24N4O3S/c1-15-16(14-20(18-15)11-12-22)13-19-7-9-21(10-8-19)25(23,24)17-5-3-2-4-6-17/h2-6,14,22H,7-13H2,1H3. The molecule has 1 aliphatic rings. The van der Waals surface area contributed by atoms with Crippen molar-refractivity contribution >= 4 is 10.0 Å². The van der Waals surface area contributed by atoms with Crippen molar-refractivity contribution < 1.29 is 13.5 Å². The van der Waals surface area contributed by atoms with Crippen LogP contribution in [0.4, 0.5) is 0 Å². The topological polar surface area (TPSA) is 78.7 Å². The quantitative estimate of drug-likeness (QED) is 0.816. The molecule has 0 unspecified atom stereocenters. The van der Waals surface area contributed by atoms with Gasteiger partial charge in [-0.05, 0) is 19.1 Å². The predicted octanol–water partition coefficient (Wildman–Crippen LogP) is 0.690. The van der Waals surface area contributed by atoms with Crippen molar-refractivity contribution in [1.29, 1.82) is 0 Å². The van der Waals surface area contributed by atoms with Gasteiger partial charge in [0, 0.05) is 44.5 Å². The molecule has 1 aromatic carbocycles. The second-order valence-corrected chi connectivity index (χ2v) is 8.16. The number of sulfonamides is 1. The number of aryl methyl sites for hydroxylation is 1. The molecule has 0 atom stereocenters. The molecular formula is C17H24N4O3S. The van der Waals surface area contributed by atoms with Crippen LogP contribution in [0.25, 0.3) is 0 Å². The van der Waals surface area contributed by atoms with E-state index >= 15 is 0 Å². The Morgan fingerprint density at radius 1 is 1.12 bits per heavy atom. The first-order valence-corrected chi connectivity index (χ1v) is 9.86. The second-order valence-electron chi connectivity index (χ2n) is 6.22. The van der Waals surface area contributed by atoms with Crippen LogP contribution in [0.3, 0.4) is 0 Å². The highest BCUT2D eigenvalue weighted by atomic mass is 32.2. The Morgan fingerprint density at radius 3 is 2.44 bits per heavy atom. The lowest BCUT2D eigenvalue weighted by Gasteiger charge is -2.33. The second kappa shape index (κ2) is 7.65. The summed E-state index contributed by atoms with van der Waals surface area (Å²) in [4.78, 5) is 2.59. The highest BCUT2D eigenvalue weighted by Gasteiger charge is 2.28. The molecule has 25 heavy (non-hydrogen) atoms. The maximum absolute atomic E-state index is 12.7. The average Bonchev–Trinajstić information content (AvgIpc) is 2.96. The van der Waals surface area contributed by atoms with E-state index in [1.165, 1.54) is 0 Å². The van der Waals surface area contributed by atoms with Gasteiger partial charge >= 0.3 is 0 Å². The number of aliphatic hydroxyl groups is 1. The Labute approximate surface area is 148 Å². The fourth-order valence-corrected chi connectivity index (χ4v) is 4.48. The van der Waals surface area contributed by atoms with E-state index in [0.29, 0.717) is 37.6 Å². The fraction of sp³-hybridized carbons (Fsp3) is 0.471. The van der Waals surface area contributed by atoms with E-state index in [1.54, 1.807) is 33.3 Å². The average molecular weight is 364 g/mol. The number of rotatable bonds is 6. The molecule has 0 aliphatic carbocycles. The molecule has 0 spiro atoms. The van der Waals surface area contributed by atoms with Gasteiger partial charge in [0.05, 0.1) is 23.7 Å². The van der Waals surface area contributed by atoms with Gasteiger partial charge in [-0.15, -0.1) is 0 Å². The minimum absolute atomic E-state index is 0.0661. The lowest BCUT2D eigenvalue weighted by molar-refractivity contribution is 0.181. The number of benzene rings is 1. The van der Waals surface area contributed by atoms with E-state index in [2.05, 4.69) is 10.00 Å². The molecule has 3 rings (SSSR count). The molecule has 0 radical (unpaired) electrons. The summed E-state index contributed by atoms with van der Waals surface area (Å²) in [7, 11) is -3.41. The number of aromatic nitrogens is 2.